The van der Waals surface area contributed by atoms with Crippen LogP contribution in [0.2, 0.25) is 0 Å². The van der Waals surface area contributed by atoms with Gasteiger partial charge in [0.05, 0.1) is 12.7 Å². The fourth-order valence-corrected chi connectivity index (χ4v) is 0.806. The van der Waals surface area contributed by atoms with Gasteiger partial charge in [-0.3, -0.25) is 0 Å². The lowest BCUT2D eigenvalue weighted by molar-refractivity contribution is -0.268. The highest BCUT2D eigenvalue weighted by Crippen LogP contribution is 2.20. The summed E-state index contributed by atoms with van der Waals surface area (Å²) in [4.78, 5) is 10.4. The SMILES string of the molecule is COc1ccc(C(=O)O)c([O-])c1. The number of rotatable bonds is 2. The lowest BCUT2D eigenvalue weighted by atomic mass is 10.2. The number of hydrogen-bond donors (Lipinski definition) is 1. The highest BCUT2D eigenvalue weighted by Gasteiger charge is 2.03. The van der Waals surface area contributed by atoms with Gasteiger partial charge in [-0.1, -0.05) is 5.75 Å². The van der Waals surface area contributed by atoms with E-state index < -0.39 is 11.7 Å². The van der Waals surface area contributed by atoms with Crippen LogP contribution >= 0.6 is 0 Å². The molecule has 1 N–H and O–H groups in total. The molecule has 0 aliphatic carbocycles. The van der Waals surface area contributed by atoms with Crippen LogP contribution in [0.15, 0.2) is 18.2 Å². The number of hydrogen-bond acceptors (Lipinski definition) is 3. The number of methoxy groups -OCH3 is 1. The molecule has 0 heterocycles. The van der Waals surface area contributed by atoms with E-state index in [0.29, 0.717) is 5.75 Å². The molecule has 0 fully saturated rings. The first-order valence-corrected chi connectivity index (χ1v) is 3.23. The zero-order chi connectivity index (χ0) is 9.14. The van der Waals surface area contributed by atoms with Crippen molar-refractivity contribution in [3.63, 3.8) is 0 Å². The second-order valence-corrected chi connectivity index (χ2v) is 2.17. The van der Waals surface area contributed by atoms with Gasteiger partial charge in [0, 0.05) is 0 Å². The molecule has 0 saturated heterocycles. The molecule has 0 aromatic heterocycles. The van der Waals surface area contributed by atoms with Crippen molar-refractivity contribution in [2.24, 2.45) is 0 Å². The molecular formula is C8H7O4-. The summed E-state index contributed by atoms with van der Waals surface area (Å²) in [7, 11) is 1.41. The van der Waals surface area contributed by atoms with Crippen molar-refractivity contribution in [2.75, 3.05) is 7.11 Å². The van der Waals surface area contributed by atoms with E-state index >= 15 is 0 Å². The molecule has 1 aromatic rings. The zero-order valence-electron chi connectivity index (χ0n) is 6.40. The third-order valence-corrected chi connectivity index (χ3v) is 1.42. The average molecular weight is 167 g/mol. The van der Waals surface area contributed by atoms with E-state index in [-0.39, 0.29) is 5.56 Å². The average Bonchev–Trinajstić information content (AvgIpc) is 2.03. The van der Waals surface area contributed by atoms with Crippen molar-refractivity contribution >= 4 is 5.97 Å². The topological polar surface area (TPSA) is 69.6 Å². The Morgan fingerprint density at radius 2 is 2.25 bits per heavy atom. The smallest absolute Gasteiger partial charge is 0.335 e. The van der Waals surface area contributed by atoms with Crippen LogP contribution in [0, 0.1) is 0 Å². The summed E-state index contributed by atoms with van der Waals surface area (Å²) in [6.07, 6.45) is 0. The zero-order valence-corrected chi connectivity index (χ0v) is 6.40. The fraction of sp³-hybridized carbons (Fsp3) is 0.125. The van der Waals surface area contributed by atoms with Gasteiger partial charge in [-0.25, -0.2) is 4.79 Å². The molecule has 4 nitrogen and oxygen atoms in total. The summed E-state index contributed by atoms with van der Waals surface area (Å²) in [5.41, 5.74) is -0.240. The molecule has 0 spiro atoms. The Kier molecular flexibility index (Phi) is 2.19. The van der Waals surface area contributed by atoms with Gasteiger partial charge in [0.1, 0.15) is 5.75 Å². The van der Waals surface area contributed by atoms with Gasteiger partial charge in [-0.15, -0.1) is 0 Å². The van der Waals surface area contributed by atoms with Gasteiger partial charge in [-0.05, 0) is 18.2 Å². The Labute approximate surface area is 69.0 Å². The molecule has 1 rings (SSSR count). The Morgan fingerprint density at radius 1 is 1.58 bits per heavy atom. The quantitative estimate of drug-likeness (QED) is 0.694. The summed E-state index contributed by atoms with van der Waals surface area (Å²) in [6.45, 7) is 0. The summed E-state index contributed by atoms with van der Waals surface area (Å²) in [6, 6.07) is 3.80. The van der Waals surface area contributed by atoms with E-state index in [2.05, 4.69) is 0 Å². The van der Waals surface area contributed by atoms with E-state index in [1.807, 2.05) is 0 Å². The van der Waals surface area contributed by atoms with Crippen LogP contribution in [0.4, 0.5) is 0 Å². The minimum atomic E-state index is -1.22. The van der Waals surface area contributed by atoms with Crippen LogP contribution < -0.4 is 9.84 Å². The van der Waals surface area contributed by atoms with Crippen molar-refractivity contribution in [3.05, 3.63) is 23.8 Å². The van der Waals surface area contributed by atoms with E-state index in [9.17, 15) is 9.90 Å². The van der Waals surface area contributed by atoms with Gasteiger partial charge in [0.15, 0.2) is 0 Å². The Balaban J connectivity index is 3.12. The molecule has 0 aliphatic rings. The molecule has 0 unspecified atom stereocenters. The van der Waals surface area contributed by atoms with Crippen LogP contribution in [0.1, 0.15) is 10.4 Å². The van der Waals surface area contributed by atoms with E-state index in [1.165, 1.54) is 19.2 Å². The number of carboxylic acids is 1. The van der Waals surface area contributed by atoms with E-state index in [4.69, 9.17) is 9.84 Å². The highest BCUT2D eigenvalue weighted by atomic mass is 16.5. The molecule has 0 saturated carbocycles. The maximum absolute atomic E-state index is 11.0. The van der Waals surface area contributed by atoms with Crippen LogP contribution in [0.5, 0.6) is 11.5 Å². The van der Waals surface area contributed by atoms with Gasteiger partial charge in [0.2, 0.25) is 0 Å². The molecule has 0 radical (unpaired) electrons. The third-order valence-electron chi connectivity index (χ3n) is 1.42. The van der Waals surface area contributed by atoms with Crippen LogP contribution in [0.3, 0.4) is 0 Å². The molecule has 0 aliphatic heterocycles. The van der Waals surface area contributed by atoms with Crippen LogP contribution in [0.25, 0.3) is 0 Å². The fourth-order valence-electron chi connectivity index (χ4n) is 0.806. The van der Waals surface area contributed by atoms with Crippen LogP contribution in [-0.2, 0) is 0 Å². The summed E-state index contributed by atoms with van der Waals surface area (Å²) in [5.74, 6) is -1.39. The summed E-state index contributed by atoms with van der Waals surface area (Å²) in [5, 5.41) is 19.5. The largest absolute Gasteiger partial charge is 0.872 e. The van der Waals surface area contributed by atoms with Crippen molar-refractivity contribution in [1.82, 2.24) is 0 Å². The first-order valence-electron chi connectivity index (χ1n) is 3.23. The van der Waals surface area contributed by atoms with Crippen molar-refractivity contribution < 1.29 is 19.7 Å². The molecular weight excluding hydrogens is 160 g/mol. The van der Waals surface area contributed by atoms with E-state index in [0.717, 1.165) is 6.07 Å². The normalized spacial score (nSPS) is 9.42. The van der Waals surface area contributed by atoms with E-state index in [1.54, 1.807) is 0 Å². The van der Waals surface area contributed by atoms with Crippen molar-refractivity contribution in [1.29, 1.82) is 0 Å². The van der Waals surface area contributed by atoms with Crippen LogP contribution in [-0.4, -0.2) is 18.2 Å². The first-order chi connectivity index (χ1) is 5.65. The predicted octanol–water partition coefficient (Wildman–Crippen LogP) is 0.467. The summed E-state index contributed by atoms with van der Waals surface area (Å²) >= 11 is 0. The third kappa shape index (κ3) is 1.47. The minimum absolute atomic E-state index is 0.240. The van der Waals surface area contributed by atoms with Gasteiger partial charge in [0.25, 0.3) is 0 Å². The number of carboxylic acid groups (broad SMARTS) is 1. The summed E-state index contributed by atoms with van der Waals surface area (Å²) < 4.78 is 4.74. The number of carbonyl (C=O) groups is 1. The number of ether oxygens (including phenoxy) is 1. The Morgan fingerprint density at radius 3 is 2.67 bits per heavy atom. The standard InChI is InChI=1S/C8H8O4/c1-12-5-2-3-6(8(10)11)7(9)4-5/h2-4,9H,1H3,(H,10,11)/p-1. The monoisotopic (exact) mass is 167 g/mol. The van der Waals surface area contributed by atoms with Gasteiger partial charge in [-0.2, -0.15) is 0 Å². The lowest BCUT2D eigenvalue weighted by Crippen LogP contribution is -2.03. The van der Waals surface area contributed by atoms with Gasteiger partial charge >= 0.3 is 5.97 Å². The minimum Gasteiger partial charge on any atom is -0.872 e. The maximum Gasteiger partial charge on any atom is 0.335 e. The maximum atomic E-state index is 11.0. The number of benzene rings is 1. The molecule has 4 heteroatoms. The van der Waals surface area contributed by atoms with Crippen molar-refractivity contribution in [3.8, 4) is 11.5 Å². The predicted molar refractivity (Wildman–Crippen MR) is 39.4 cm³/mol. The van der Waals surface area contributed by atoms with Crippen molar-refractivity contribution in [2.45, 2.75) is 0 Å². The molecule has 1 aromatic carbocycles. The molecule has 0 atom stereocenters. The Bertz CT molecular complexity index is 306. The number of aromatic carboxylic acids is 1. The van der Waals surface area contributed by atoms with Gasteiger partial charge < -0.3 is 14.9 Å². The molecule has 64 valence electrons. The second kappa shape index (κ2) is 3.13. The highest BCUT2D eigenvalue weighted by molar-refractivity contribution is 5.90. The molecule has 12 heavy (non-hydrogen) atoms. The molecule has 0 bridgehead atoms. The molecule has 0 amide bonds. The Hall–Kier alpha value is -1.71. The second-order valence-electron chi connectivity index (χ2n) is 2.17. The lowest BCUT2D eigenvalue weighted by Gasteiger charge is -2.10. The first kappa shape index (κ1) is 8.39.